The monoisotopic (exact) mass is 298 g/mol. The summed E-state index contributed by atoms with van der Waals surface area (Å²) in [6.45, 7) is 4.73. The minimum Gasteiger partial charge on any atom is -0.351 e. The van der Waals surface area contributed by atoms with Gasteiger partial charge in [0.2, 0.25) is 0 Å². The van der Waals surface area contributed by atoms with Crippen molar-refractivity contribution in [3.63, 3.8) is 0 Å². The number of carbonyl (C=O) groups is 1. The molecule has 1 amide bonds. The van der Waals surface area contributed by atoms with Crippen molar-refractivity contribution >= 4 is 30.1 Å². The van der Waals surface area contributed by atoms with E-state index in [0.29, 0.717) is 17.1 Å². The molecular formula is C14H19ClN2OS. The molecule has 5 heteroatoms. The van der Waals surface area contributed by atoms with Crippen LogP contribution < -0.4 is 5.32 Å². The summed E-state index contributed by atoms with van der Waals surface area (Å²) >= 11 is 10.2. The molecule has 1 fully saturated rings. The summed E-state index contributed by atoms with van der Waals surface area (Å²) in [6.07, 6.45) is 2.57. The van der Waals surface area contributed by atoms with Gasteiger partial charge in [0.1, 0.15) is 0 Å². The molecule has 0 aromatic heterocycles. The average molecular weight is 299 g/mol. The Morgan fingerprint density at radius 1 is 1.53 bits per heavy atom. The predicted octanol–water partition coefficient (Wildman–Crippen LogP) is 2.84. The van der Waals surface area contributed by atoms with E-state index >= 15 is 0 Å². The molecule has 0 heterocycles. The Morgan fingerprint density at radius 3 is 2.89 bits per heavy atom. The Kier molecular flexibility index (Phi) is 5.13. The maximum absolute atomic E-state index is 12.0. The van der Waals surface area contributed by atoms with Crippen molar-refractivity contribution in [2.75, 3.05) is 19.6 Å². The molecule has 1 N–H and O–H groups in total. The van der Waals surface area contributed by atoms with Gasteiger partial charge in [-0.25, -0.2) is 0 Å². The van der Waals surface area contributed by atoms with Crippen molar-refractivity contribution in [3.05, 3.63) is 28.8 Å². The second-order valence-electron chi connectivity index (χ2n) is 4.78. The van der Waals surface area contributed by atoms with Gasteiger partial charge >= 0.3 is 0 Å². The van der Waals surface area contributed by atoms with Crippen molar-refractivity contribution in [1.82, 2.24) is 10.2 Å². The number of rotatable bonds is 6. The van der Waals surface area contributed by atoms with Crippen LogP contribution in [-0.4, -0.2) is 36.5 Å². The zero-order chi connectivity index (χ0) is 13.8. The minimum atomic E-state index is -0.132. The third kappa shape index (κ3) is 4.13. The molecule has 1 aromatic carbocycles. The summed E-state index contributed by atoms with van der Waals surface area (Å²) < 4.78 is 0. The molecule has 0 atom stereocenters. The van der Waals surface area contributed by atoms with E-state index in [2.05, 4.69) is 29.8 Å². The van der Waals surface area contributed by atoms with E-state index in [4.69, 9.17) is 11.6 Å². The number of thiol groups is 1. The van der Waals surface area contributed by atoms with Gasteiger partial charge in [0.05, 0.1) is 10.6 Å². The number of nitrogens with zero attached hydrogens (tertiary/aromatic N) is 1. The molecule has 2 rings (SSSR count). The molecule has 1 aliphatic carbocycles. The largest absolute Gasteiger partial charge is 0.351 e. The lowest BCUT2D eigenvalue weighted by Gasteiger charge is -2.19. The van der Waals surface area contributed by atoms with Gasteiger partial charge in [0, 0.05) is 24.0 Å². The first-order valence-corrected chi connectivity index (χ1v) is 7.45. The number of hydrogen-bond acceptors (Lipinski definition) is 3. The highest BCUT2D eigenvalue weighted by atomic mass is 35.5. The predicted molar refractivity (Wildman–Crippen MR) is 81.3 cm³/mol. The van der Waals surface area contributed by atoms with E-state index < -0.39 is 0 Å². The molecule has 19 heavy (non-hydrogen) atoms. The number of amides is 1. The molecule has 104 valence electrons. The Morgan fingerprint density at radius 2 is 2.26 bits per heavy atom. The summed E-state index contributed by atoms with van der Waals surface area (Å²) in [5, 5.41) is 3.38. The first-order valence-electron chi connectivity index (χ1n) is 6.62. The van der Waals surface area contributed by atoms with E-state index in [1.54, 1.807) is 18.2 Å². The van der Waals surface area contributed by atoms with Gasteiger partial charge < -0.3 is 5.32 Å². The summed E-state index contributed by atoms with van der Waals surface area (Å²) in [4.78, 5) is 15.2. The topological polar surface area (TPSA) is 32.3 Å². The fraction of sp³-hybridized carbons (Fsp3) is 0.500. The van der Waals surface area contributed by atoms with Crippen molar-refractivity contribution in [3.8, 4) is 0 Å². The second-order valence-corrected chi connectivity index (χ2v) is 5.70. The molecule has 1 aliphatic rings. The normalized spacial score (nSPS) is 14.7. The maximum atomic E-state index is 12.0. The van der Waals surface area contributed by atoms with Crippen molar-refractivity contribution < 1.29 is 4.79 Å². The standard InChI is InChI=1S/C14H19ClN2OS/c1-2-17(10-3-4-10)8-7-16-14(18)12-9-11(19)5-6-13(12)15/h5-6,9-10,19H,2-4,7-8H2,1H3,(H,16,18). The summed E-state index contributed by atoms with van der Waals surface area (Å²) in [7, 11) is 0. The molecule has 0 aliphatic heterocycles. The lowest BCUT2D eigenvalue weighted by Crippen LogP contribution is -2.36. The molecule has 3 nitrogen and oxygen atoms in total. The van der Waals surface area contributed by atoms with Crippen molar-refractivity contribution in [2.24, 2.45) is 0 Å². The maximum Gasteiger partial charge on any atom is 0.252 e. The molecule has 0 bridgehead atoms. The third-order valence-electron chi connectivity index (χ3n) is 3.35. The first-order chi connectivity index (χ1) is 9.11. The number of benzene rings is 1. The van der Waals surface area contributed by atoms with Crippen LogP contribution >= 0.6 is 24.2 Å². The molecule has 1 saturated carbocycles. The van der Waals surface area contributed by atoms with Gasteiger partial charge in [0.15, 0.2) is 0 Å². The van der Waals surface area contributed by atoms with Gasteiger partial charge in [-0.15, -0.1) is 12.6 Å². The molecule has 0 radical (unpaired) electrons. The quantitative estimate of drug-likeness (QED) is 0.792. The molecule has 1 aromatic rings. The van der Waals surface area contributed by atoms with Crippen LogP contribution in [0.1, 0.15) is 30.1 Å². The van der Waals surface area contributed by atoms with Crippen LogP contribution in [0.3, 0.4) is 0 Å². The van der Waals surface area contributed by atoms with Gasteiger partial charge in [-0.1, -0.05) is 18.5 Å². The third-order valence-corrected chi connectivity index (χ3v) is 3.96. The Balaban J connectivity index is 1.85. The highest BCUT2D eigenvalue weighted by Crippen LogP contribution is 2.25. The van der Waals surface area contributed by atoms with Crippen LogP contribution in [0.5, 0.6) is 0 Å². The van der Waals surface area contributed by atoms with E-state index in [9.17, 15) is 4.79 Å². The van der Waals surface area contributed by atoms with E-state index in [-0.39, 0.29) is 5.91 Å². The van der Waals surface area contributed by atoms with Crippen LogP contribution in [-0.2, 0) is 0 Å². The highest BCUT2D eigenvalue weighted by molar-refractivity contribution is 7.80. The number of hydrogen-bond donors (Lipinski definition) is 2. The highest BCUT2D eigenvalue weighted by Gasteiger charge is 2.27. The summed E-state index contributed by atoms with van der Waals surface area (Å²) in [5.41, 5.74) is 0.489. The van der Waals surface area contributed by atoms with Crippen LogP contribution in [0.4, 0.5) is 0 Å². The summed E-state index contributed by atoms with van der Waals surface area (Å²) in [6, 6.07) is 5.89. The first kappa shape index (κ1) is 14.7. The molecular weight excluding hydrogens is 280 g/mol. The number of likely N-dealkylation sites (N-methyl/N-ethyl adjacent to an activating group) is 1. The number of nitrogens with one attached hydrogen (secondary N) is 1. The number of carbonyl (C=O) groups excluding carboxylic acids is 1. The summed E-state index contributed by atoms with van der Waals surface area (Å²) in [5.74, 6) is -0.132. The van der Waals surface area contributed by atoms with E-state index in [1.165, 1.54) is 12.8 Å². The van der Waals surface area contributed by atoms with Crippen LogP contribution in [0.25, 0.3) is 0 Å². The smallest absolute Gasteiger partial charge is 0.252 e. The van der Waals surface area contributed by atoms with Crippen molar-refractivity contribution in [1.29, 1.82) is 0 Å². The van der Waals surface area contributed by atoms with Gasteiger partial charge in [-0.2, -0.15) is 0 Å². The lowest BCUT2D eigenvalue weighted by atomic mass is 10.2. The van der Waals surface area contributed by atoms with Gasteiger partial charge in [-0.3, -0.25) is 9.69 Å². The van der Waals surface area contributed by atoms with Gasteiger partial charge in [0.25, 0.3) is 5.91 Å². The zero-order valence-electron chi connectivity index (χ0n) is 11.0. The molecule has 0 saturated heterocycles. The second kappa shape index (κ2) is 6.64. The zero-order valence-corrected chi connectivity index (χ0v) is 12.7. The Labute approximate surface area is 124 Å². The minimum absolute atomic E-state index is 0.132. The Bertz CT molecular complexity index is 463. The van der Waals surface area contributed by atoms with Crippen LogP contribution in [0, 0.1) is 0 Å². The van der Waals surface area contributed by atoms with Crippen molar-refractivity contribution in [2.45, 2.75) is 30.7 Å². The van der Waals surface area contributed by atoms with Gasteiger partial charge in [-0.05, 0) is 37.6 Å². The molecule has 0 unspecified atom stereocenters. The number of halogens is 1. The van der Waals surface area contributed by atoms with E-state index in [1.807, 2.05) is 0 Å². The van der Waals surface area contributed by atoms with Crippen LogP contribution in [0.15, 0.2) is 23.1 Å². The lowest BCUT2D eigenvalue weighted by molar-refractivity contribution is 0.0948. The Hall–Kier alpha value is -0.710. The SMILES string of the molecule is CCN(CCNC(=O)c1cc(S)ccc1Cl)C1CC1. The fourth-order valence-corrected chi connectivity index (χ4v) is 2.54. The molecule has 0 spiro atoms. The van der Waals surface area contributed by atoms with Crippen LogP contribution in [0.2, 0.25) is 5.02 Å². The van der Waals surface area contributed by atoms with E-state index in [0.717, 1.165) is 24.0 Å². The average Bonchev–Trinajstić information content (AvgIpc) is 3.21. The fourth-order valence-electron chi connectivity index (χ4n) is 2.13.